The zero-order valence-electron chi connectivity index (χ0n) is 31.5. The highest BCUT2D eigenvalue weighted by Gasteiger charge is 2.60. The summed E-state index contributed by atoms with van der Waals surface area (Å²) < 4.78 is 12.3. The maximum Gasteiger partial charge on any atom is 0.328 e. The van der Waals surface area contributed by atoms with Crippen LogP contribution < -0.4 is 20.9 Å². The topological polar surface area (TPSA) is 108 Å². The summed E-state index contributed by atoms with van der Waals surface area (Å²) in [6.45, 7) is 13.4. The minimum Gasteiger partial charge on any atom is -0.490 e. The number of benzene rings is 2. The van der Waals surface area contributed by atoms with E-state index in [4.69, 9.17) is 20.9 Å². The van der Waals surface area contributed by atoms with E-state index in [1.807, 2.05) is 12.1 Å². The molecule has 5 unspecified atom stereocenters. The highest BCUT2D eigenvalue weighted by Crippen LogP contribution is 2.69. The Morgan fingerprint density at radius 2 is 1.60 bits per heavy atom. The first-order valence-electron chi connectivity index (χ1n) is 19.8. The van der Waals surface area contributed by atoms with Crippen LogP contribution in [-0.4, -0.2) is 24.3 Å². The van der Waals surface area contributed by atoms with Gasteiger partial charge in [0.05, 0.1) is 5.69 Å². The Labute approximate surface area is 301 Å². The Morgan fingerprint density at radius 3 is 2.34 bits per heavy atom. The molecule has 4 saturated carbocycles. The number of anilines is 2. The van der Waals surface area contributed by atoms with Gasteiger partial charge in [0.15, 0.2) is 0 Å². The van der Waals surface area contributed by atoms with Crippen LogP contribution >= 0.6 is 0 Å². The van der Waals surface area contributed by atoms with Crippen molar-refractivity contribution in [2.75, 3.05) is 24.7 Å². The van der Waals surface area contributed by atoms with Gasteiger partial charge in [0.25, 0.3) is 0 Å². The van der Waals surface area contributed by atoms with Crippen LogP contribution in [0.3, 0.4) is 0 Å². The molecular formula is C44H64N2O4. The first kappa shape index (κ1) is 36.6. The van der Waals surface area contributed by atoms with Gasteiger partial charge in [0.1, 0.15) is 24.7 Å². The Hall–Kier alpha value is -3.15. The van der Waals surface area contributed by atoms with Crippen LogP contribution in [0.2, 0.25) is 0 Å². The van der Waals surface area contributed by atoms with Gasteiger partial charge < -0.3 is 26.0 Å². The number of nitrogen functional groups attached to an aromatic ring is 2. The Bertz CT molecular complexity index is 1520. The summed E-state index contributed by atoms with van der Waals surface area (Å²) >= 11 is 0. The van der Waals surface area contributed by atoms with E-state index in [-0.39, 0.29) is 0 Å². The van der Waals surface area contributed by atoms with E-state index < -0.39 is 5.97 Å². The number of ether oxygens (including phenoxy) is 2. The number of carboxylic acids is 1. The normalized spacial score (nSPS) is 32.7. The molecule has 0 aromatic heterocycles. The minimum absolute atomic E-state index is 0.361. The summed E-state index contributed by atoms with van der Waals surface area (Å²) in [5.41, 5.74) is 16.1. The van der Waals surface area contributed by atoms with Crippen molar-refractivity contribution in [1.82, 2.24) is 0 Å². The lowest BCUT2D eigenvalue weighted by molar-refractivity contribution is -0.131. The summed E-state index contributed by atoms with van der Waals surface area (Å²) in [6.07, 6.45) is 19.1. The molecule has 0 radical (unpaired) electrons. The molecule has 6 nitrogen and oxygen atoms in total. The van der Waals surface area contributed by atoms with Gasteiger partial charge in [-0.05, 0) is 163 Å². The maximum absolute atomic E-state index is 11.3. The second-order valence-electron chi connectivity index (χ2n) is 17.6. The molecule has 4 aliphatic rings. The highest BCUT2D eigenvalue weighted by molar-refractivity contribution is 5.85. The van der Waals surface area contributed by atoms with E-state index in [0.717, 1.165) is 53.2 Å². The van der Waals surface area contributed by atoms with Gasteiger partial charge in [-0.15, -0.1) is 0 Å². The van der Waals surface area contributed by atoms with Crippen molar-refractivity contribution in [3.63, 3.8) is 0 Å². The fourth-order valence-corrected chi connectivity index (χ4v) is 11.9. The molecule has 0 heterocycles. The van der Waals surface area contributed by atoms with Gasteiger partial charge in [-0.25, -0.2) is 4.79 Å². The van der Waals surface area contributed by atoms with E-state index >= 15 is 0 Å². The van der Waals surface area contributed by atoms with Crippen LogP contribution in [0.4, 0.5) is 11.4 Å². The minimum atomic E-state index is -0.936. The van der Waals surface area contributed by atoms with Crippen molar-refractivity contribution in [2.24, 2.45) is 52.3 Å². The first-order chi connectivity index (χ1) is 23.9. The van der Waals surface area contributed by atoms with Crippen LogP contribution in [0.1, 0.15) is 129 Å². The quantitative estimate of drug-likeness (QED) is 0.110. The number of aliphatic carboxylic acids is 1. The van der Waals surface area contributed by atoms with Gasteiger partial charge in [-0.1, -0.05) is 59.9 Å². The molecule has 0 amide bonds. The smallest absolute Gasteiger partial charge is 0.328 e. The molecule has 6 rings (SSSR count). The predicted octanol–water partition coefficient (Wildman–Crippen LogP) is 10.6. The molecule has 274 valence electrons. The summed E-state index contributed by atoms with van der Waals surface area (Å²) in [5, 5.41) is 9.30. The lowest BCUT2D eigenvalue weighted by Crippen LogP contribution is -2.53. The van der Waals surface area contributed by atoms with Gasteiger partial charge in [-0.2, -0.15) is 0 Å². The van der Waals surface area contributed by atoms with E-state index in [1.54, 1.807) is 24.3 Å². The predicted molar refractivity (Wildman–Crippen MR) is 205 cm³/mol. The number of hydrogen-bond acceptors (Lipinski definition) is 5. The molecule has 2 aromatic rings. The number of carbonyl (C=O) groups is 1. The van der Waals surface area contributed by atoms with Crippen molar-refractivity contribution in [1.29, 1.82) is 0 Å². The SMILES string of the molecule is CC(C)CCC[C@@H](C)[C@H]1CCC2C3CCC4CC(c5cc(C=CC(=O)O)ccc5OCCOc5ccc(N)cc5N)CC[C@]4(C)C3CC[C@@]21C. The molecule has 0 bridgehead atoms. The Kier molecular flexibility index (Phi) is 11.1. The Morgan fingerprint density at radius 1 is 0.880 bits per heavy atom. The first-order valence-corrected chi connectivity index (χ1v) is 19.8. The van der Waals surface area contributed by atoms with Crippen LogP contribution in [0, 0.1) is 52.3 Å². The molecule has 4 aliphatic carbocycles. The van der Waals surface area contributed by atoms with Crippen LogP contribution in [0.15, 0.2) is 42.5 Å². The van der Waals surface area contributed by atoms with Crippen molar-refractivity contribution < 1.29 is 19.4 Å². The third-order valence-corrected chi connectivity index (χ3v) is 14.4. The molecule has 0 spiro atoms. The largest absolute Gasteiger partial charge is 0.490 e. The monoisotopic (exact) mass is 684 g/mol. The lowest BCUT2D eigenvalue weighted by Gasteiger charge is -2.61. The number of nitrogens with two attached hydrogens (primary N) is 2. The second-order valence-corrected chi connectivity index (χ2v) is 17.6. The third kappa shape index (κ3) is 7.55. The molecular weight excluding hydrogens is 620 g/mol. The van der Waals surface area contributed by atoms with Crippen molar-refractivity contribution in [3.8, 4) is 11.5 Å². The molecule has 6 heteroatoms. The summed E-state index contributed by atoms with van der Waals surface area (Å²) in [6, 6.07) is 11.4. The average molecular weight is 685 g/mol. The number of hydrogen-bond donors (Lipinski definition) is 3. The van der Waals surface area contributed by atoms with Crippen LogP contribution in [0.5, 0.6) is 11.5 Å². The van der Waals surface area contributed by atoms with Crippen molar-refractivity contribution in [3.05, 3.63) is 53.6 Å². The van der Waals surface area contributed by atoms with Gasteiger partial charge >= 0.3 is 5.97 Å². The highest BCUT2D eigenvalue weighted by atomic mass is 16.5. The van der Waals surface area contributed by atoms with E-state index in [9.17, 15) is 9.90 Å². The summed E-state index contributed by atoms with van der Waals surface area (Å²) in [5.74, 6) is 6.84. The van der Waals surface area contributed by atoms with Crippen molar-refractivity contribution >= 4 is 23.4 Å². The number of carboxylic acid groups (broad SMARTS) is 1. The summed E-state index contributed by atoms with van der Waals surface area (Å²) in [4.78, 5) is 11.3. The van der Waals surface area contributed by atoms with Gasteiger partial charge in [0, 0.05) is 11.8 Å². The molecule has 4 fully saturated rings. The molecule has 5 N–H and O–H groups in total. The van der Waals surface area contributed by atoms with Crippen molar-refractivity contribution in [2.45, 2.75) is 118 Å². The average Bonchev–Trinajstić information content (AvgIpc) is 3.43. The standard InChI is InChI=1S/C44H64N2O4/c1-28(2)7-6-8-29(3)36-14-15-37-34-13-11-32-26-31(19-21-43(32,4)38(34)20-22-44(36,37)5)35-25-30(10-18-42(47)48)9-16-40(35)49-23-24-50-41-17-12-33(45)27-39(41)46/h9-10,12,16-18,25,27-29,31-32,34,36-38H,6-8,11,13-15,19-24,26,45-46H2,1-5H3,(H,47,48)/t29-,31?,32?,34?,36-,37?,38?,43+,44-/m1/s1. The van der Waals surface area contributed by atoms with Crippen LogP contribution in [0.25, 0.3) is 6.08 Å². The zero-order chi connectivity index (χ0) is 35.6. The zero-order valence-corrected chi connectivity index (χ0v) is 31.5. The summed E-state index contributed by atoms with van der Waals surface area (Å²) in [7, 11) is 0. The molecule has 50 heavy (non-hydrogen) atoms. The molecule has 2 aromatic carbocycles. The van der Waals surface area contributed by atoms with E-state index in [1.165, 1.54) is 82.3 Å². The fraction of sp³-hybridized carbons (Fsp3) is 0.659. The number of fused-ring (bicyclic) bond motifs is 5. The molecule has 9 atom stereocenters. The second kappa shape index (κ2) is 15.2. The Balaban J connectivity index is 1.14. The molecule has 0 saturated heterocycles. The maximum atomic E-state index is 11.3. The lowest BCUT2D eigenvalue weighted by atomic mass is 9.43. The van der Waals surface area contributed by atoms with Gasteiger partial charge in [-0.3, -0.25) is 0 Å². The molecule has 0 aliphatic heterocycles. The van der Waals surface area contributed by atoms with Gasteiger partial charge in [0.2, 0.25) is 0 Å². The fourth-order valence-electron chi connectivity index (χ4n) is 11.9. The van der Waals surface area contributed by atoms with E-state index in [2.05, 4.69) is 40.7 Å². The van der Waals surface area contributed by atoms with Crippen LogP contribution in [-0.2, 0) is 4.79 Å². The number of rotatable bonds is 13. The third-order valence-electron chi connectivity index (χ3n) is 14.4. The van der Waals surface area contributed by atoms with E-state index in [0.29, 0.717) is 53.0 Å².